The average molecular weight is 293 g/mol. The van der Waals surface area contributed by atoms with Crippen molar-refractivity contribution in [1.82, 2.24) is 0 Å². The number of hydrogen-bond acceptors (Lipinski definition) is 3. The average Bonchev–Trinajstić information content (AvgIpc) is 2.54. The minimum atomic E-state index is -0.315. The first-order chi connectivity index (χ1) is 10.7. The molecule has 0 radical (unpaired) electrons. The maximum Gasteiger partial charge on any atom is 0.256 e. The molecule has 1 N–H and O–H groups in total. The Balaban J connectivity index is 1.93. The smallest absolute Gasteiger partial charge is 0.256 e. The zero-order valence-electron chi connectivity index (χ0n) is 12.1. The van der Waals surface area contributed by atoms with Gasteiger partial charge in [-0.3, -0.25) is 9.59 Å². The van der Waals surface area contributed by atoms with Gasteiger partial charge in [-0.1, -0.05) is 36.4 Å². The van der Waals surface area contributed by atoms with Gasteiger partial charge in [0.2, 0.25) is 0 Å². The summed E-state index contributed by atoms with van der Waals surface area (Å²) in [6.45, 7) is 0. The van der Waals surface area contributed by atoms with E-state index in [-0.39, 0.29) is 11.7 Å². The van der Waals surface area contributed by atoms with Crippen LogP contribution in [0.1, 0.15) is 11.1 Å². The van der Waals surface area contributed by atoms with Crippen LogP contribution in [0.15, 0.2) is 54.6 Å². The molecule has 1 aliphatic rings. The summed E-state index contributed by atoms with van der Waals surface area (Å²) in [5, 5.41) is 2.81. The van der Waals surface area contributed by atoms with E-state index in [0.29, 0.717) is 23.4 Å². The van der Waals surface area contributed by atoms with Gasteiger partial charge >= 0.3 is 0 Å². The number of para-hydroxylation sites is 2. The van der Waals surface area contributed by atoms with Crippen LogP contribution in [0.2, 0.25) is 0 Å². The molecule has 110 valence electrons. The van der Waals surface area contributed by atoms with Crippen molar-refractivity contribution >= 4 is 23.0 Å². The van der Waals surface area contributed by atoms with E-state index in [4.69, 9.17) is 4.74 Å². The van der Waals surface area contributed by atoms with Gasteiger partial charge in [-0.25, -0.2) is 0 Å². The number of amides is 1. The number of fused-ring (bicyclic) bond motifs is 1. The minimum absolute atomic E-state index is 0.0659. The molecule has 0 saturated heterocycles. The van der Waals surface area contributed by atoms with E-state index >= 15 is 0 Å². The first-order valence-corrected chi connectivity index (χ1v) is 6.96. The molecule has 0 aromatic heterocycles. The lowest BCUT2D eigenvalue weighted by Crippen LogP contribution is -2.19. The van der Waals surface area contributed by atoms with Crippen molar-refractivity contribution in [3.8, 4) is 5.75 Å². The van der Waals surface area contributed by atoms with Crippen LogP contribution in [0.3, 0.4) is 0 Å². The largest absolute Gasteiger partial charge is 0.495 e. The molecular formula is C18H15NO3. The molecule has 0 unspecified atom stereocenters. The number of nitrogens with one attached hydrogen (secondary N) is 1. The number of ether oxygens (including phenoxy) is 1. The van der Waals surface area contributed by atoms with E-state index in [2.05, 4.69) is 5.32 Å². The lowest BCUT2D eigenvalue weighted by atomic mass is 9.90. The predicted molar refractivity (Wildman–Crippen MR) is 84.8 cm³/mol. The molecule has 0 spiro atoms. The van der Waals surface area contributed by atoms with Crippen molar-refractivity contribution in [2.24, 2.45) is 0 Å². The molecule has 0 atom stereocenters. The first kappa shape index (κ1) is 14.1. The second-order valence-electron chi connectivity index (χ2n) is 5.01. The molecular weight excluding hydrogens is 278 g/mol. The van der Waals surface area contributed by atoms with Crippen LogP contribution in [0.25, 0.3) is 5.57 Å². The number of anilines is 1. The second kappa shape index (κ2) is 5.85. The number of rotatable bonds is 3. The van der Waals surface area contributed by atoms with Gasteiger partial charge < -0.3 is 10.1 Å². The molecule has 0 saturated carbocycles. The Kier molecular flexibility index (Phi) is 3.74. The van der Waals surface area contributed by atoms with Crippen molar-refractivity contribution in [1.29, 1.82) is 0 Å². The summed E-state index contributed by atoms with van der Waals surface area (Å²) in [5.74, 6) is 0.195. The van der Waals surface area contributed by atoms with Gasteiger partial charge in [0.15, 0.2) is 5.78 Å². The quantitative estimate of drug-likeness (QED) is 0.946. The van der Waals surface area contributed by atoms with E-state index in [1.54, 1.807) is 19.2 Å². The van der Waals surface area contributed by atoms with Crippen molar-refractivity contribution in [3.05, 3.63) is 65.7 Å². The highest BCUT2D eigenvalue weighted by atomic mass is 16.5. The first-order valence-electron chi connectivity index (χ1n) is 6.96. The van der Waals surface area contributed by atoms with Crippen LogP contribution in [0, 0.1) is 0 Å². The molecule has 1 aliphatic carbocycles. The minimum Gasteiger partial charge on any atom is -0.495 e. The Bertz CT molecular complexity index is 777. The summed E-state index contributed by atoms with van der Waals surface area (Å²) in [7, 11) is 1.55. The molecule has 0 bridgehead atoms. The van der Waals surface area contributed by atoms with E-state index < -0.39 is 0 Å². The normalized spacial score (nSPS) is 13.1. The van der Waals surface area contributed by atoms with Crippen LogP contribution in [-0.2, 0) is 16.0 Å². The second-order valence-corrected chi connectivity index (χ2v) is 5.01. The number of methoxy groups -OCH3 is 1. The lowest BCUT2D eigenvalue weighted by molar-refractivity contribution is -0.115. The third kappa shape index (κ3) is 2.63. The van der Waals surface area contributed by atoms with Crippen LogP contribution in [0.4, 0.5) is 5.69 Å². The maximum atomic E-state index is 12.6. The number of hydrogen-bond donors (Lipinski definition) is 1. The van der Waals surface area contributed by atoms with Gasteiger partial charge in [0, 0.05) is 6.42 Å². The summed E-state index contributed by atoms with van der Waals surface area (Å²) in [5.41, 5.74) is 2.64. The fraction of sp³-hybridized carbons (Fsp3) is 0.111. The Hall–Kier alpha value is -2.88. The van der Waals surface area contributed by atoms with E-state index in [9.17, 15) is 9.59 Å². The zero-order chi connectivity index (χ0) is 15.5. The van der Waals surface area contributed by atoms with Crippen LogP contribution < -0.4 is 10.1 Å². The standard InChI is InChI=1S/C18H15NO3/c1-22-17-9-5-4-8-16(17)19-18(21)15-11-13(20)10-12-6-2-3-7-14(12)15/h2-9,11H,10H2,1H3,(H,19,21). The maximum absolute atomic E-state index is 12.6. The molecule has 2 aromatic carbocycles. The van der Waals surface area contributed by atoms with Gasteiger partial charge in [-0.05, 0) is 29.3 Å². The predicted octanol–water partition coefficient (Wildman–Crippen LogP) is 2.84. The molecule has 4 nitrogen and oxygen atoms in total. The Morgan fingerprint density at radius 2 is 1.82 bits per heavy atom. The van der Waals surface area contributed by atoms with Gasteiger partial charge in [-0.15, -0.1) is 0 Å². The SMILES string of the molecule is COc1ccccc1NC(=O)C1=CC(=O)Cc2ccccc21. The molecule has 0 heterocycles. The van der Waals surface area contributed by atoms with Gasteiger partial charge in [0.1, 0.15) is 5.75 Å². The highest BCUT2D eigenvalue weighted by molar-refractivity contribution is 6.30. The fourth-order valence-electron chi connectivity index (χ4n) is 2.54. The third-order valence-corrected chi connectivity index (χ3v) is 3.58. The molecule has 22 heavy (non-hydrogen) atoms. The molecule has 3 rings (SSSR count). The van der Waals surface area contributed by atoms with Crippen LogP contribution in [-0.4, -0.2) is 18.8 Å². The lowest BCUT2D eigenvalue weighted by Gasteiger charge is -2.17. The number of carbonyl (C=O) groups is 2. The number of allylic oxidation sites excluding steroid dienone is 1. The summed E-state index contributed by atoms with van der Waals surface area (Å²) in [6.07, 6.45) is 1.74. The van der Waals surface area contributed by atoms with Gasteiger partial charge in [-0.2, -0.15) is 0 Å². The van der Waals surface area contributed by atoms with Gasteiger partial charge in [0.25, 0.3) is 5.91 Å². The fourth-order valence-corrected chi connectivity index (χ4v) is 2.54. The van der Waals surface area contributed by atoms with Crippen molar-refractivity contribution in [2.75, 3.05) is 12.4 Å². The summed E-state index contributed by atoms with van der Waals surface area (Å²) < 4.78 is 5.22. The Morgan fingerprint density at radius 3 is 2.64 bits per heavy atom. The molecule has 4 heteroatoms. The van der Waals surface area contributed by atoms with E-state index in [1.807, 2.05) is 36.4 Å². The topological polar surface area (TPSA) is 55.4 Å². The molecule has 2 aromatic rings. The Morgan fingerprint density at radius 1 is 1.09 bits per heavy atom. The monoisotopic (exact) mass is 293 g/mol. The summed E-state index contributed by atoms with van der Waals surface area (Å²) >= 11 is 0. The molecule has 0 fully saturated rings. The number of benzene rings is 2. The number of ketones is 1. The Labute approximate surface area is 128 Å². The van der Waals surface area contributed by atoms with Crippen molar-refractivity contribution in [3.63, 3.8) is 0 Å². The summed E-state index contributed by atoms with van der Waals surface area (Å²) in [4.78, 5) is 24.4. The highest BCUT2D eigenvalue weighted by Gasteiger charge is 2.22. The van der Waals surface area contributed by atoms with Crippen LogP contribution in [0.5, 0.6) is 5.75 Å². The van der Waals surface area contributed by atoms with E-state index in [0.717, 1.165) is 11.1 Å². The van der Waals surface area contributed by atoms with Crippen molar-refractivity contribution in [2.45, 2.75) is 6.42 Å². The third-order valence-electron chi connectivity index (χ3n) is 3.58. The zero-order valence-corrected chi connectivity index (χ0v) is 12.1. The highest BCUT2D eigenvalue weighted by Crippen LogP contribution is 2.28. The van der Waals surface area contributed by atoms with E-state index in [1.165, 1.54) is 6.08 Å². The number of carbonyl (C=O) groups excluding carboxylic acids is 2. The van der Waals surface area contributed by atoms with Crippen LogP contribution >= 0.6 is 0 Å². The van der Waals surface area contributed by atoms with Gasteiger partial charge in [0.05, 0.1) is 18.4 Å². The summed E-state index contributed by atoms with van der Waals surface area (Å²) in [6, 6.07) is 14.6. The van der Waals surface area contributed by atoms with Crippen molar-refractivity contribution < 1.29 is 14.3 Å². The molecule has 0 aliphatic heterocycles. The molecule has 1 amide bonds.